The van der Waals surface area contributed by atoms with E-state index in [1.54, 1.807) is 17.2 Å². The van der Waals surface area contributed by atoms with Gasteiger partial charge in [0.2, 0.25) is 5.91 Å². The van der Waals surface area contributed by atoms with Crippen molar-refractivity contribution in [2.45, 2.75) is 20.4 Å². The number of fused-ring (bicyclic) bond motifs is 1. The highest BCUT2D eigenvalue weighted by Crippen LogP contribution is 2.43. The number of hydrogen-bond acceptors (Lipinski definition) is 4. The number of hydrogen-bond donors (Lipinski definition) is 1. The number of carboxylic acids is 1. The van der Waals surface area contributed by atoms with E-state index in [1.165, 1.54) is 0 Å². The Morgan fingerprint density at radius 2 is 2.12 bits per heavy atom. The number of likely N-dealkylation sites (tertiary alicyclic amines) is 2. The summed E-state index contributed by atoms with van der Waals surface area (Å²) in [6.07, 6.45) is 5.22. The summed E-state index contributed by atoms with van der Waals surface area (Å²) in [5.74, 6) is 0.000725. The highest BCUT2D eigenvalue weighted by Gasteiger charge is 2.58. The van der Waals surface area contributed by atoms with Gasteiger partial charge in [-0.1, -0.05) is 5.57 Å². The number of amides is 1. The number of rotatable bonds is 4. The maximum Gasteiger partial charge on any atom is 0.313 e. The normalized spacial score (nSPS) is 26.5. The number of carboxylic acid groups (broad SMARTS) is 1. The van der Waals surface area contributed by atoms with E-state index in [0.717, 1.165) is 11.4 Å². The van der Waals surface area contributed by atoms with Crippen molar-refractivity contribution in [3.8, 4) is 0 Å². The molecule has 3 rings (SSSR count). The Morgan fingerprint density at radius 1 is 1.38 bits per heavy atom. The van der Waals surface area contributed by atoms with Crippen LogP contribution in [0.15, 0.2) is 24.0 Å². The van der Waals surface area contributed by atoms with Gasteiger partial charge in [-0.3, -0.25) is 14.5 Å². The van der Waals surface area contributed by atoms with Crippen molar-refractivity contribution in [2.75, 3.05) is 26.2 Å². The SMILES string of the molecule is CC(C)=CC(=O)N1C[C@@H]2CN(Cc3nccn3C)C[C@]2(C(=O)O)C1. The third-order valence-corrected chi connectivity index (χ3v) is 5.12. The predicted octanol–water partition coefficient (Wildman–Crippen LogP) is 0.731. The smallest absolute Gasteiger partial charge is 0.313 e. The maximum atomic E-state index is 12.3. The van der Waals surface area contributed by atoms with Gasteiger partial charge in [-0.05, 0) is 13.8 Å². The summed E-state index contributed by atoms with van der Waals surface area (Å²) in [6.45, 7) is 6.30. The lowest BCUT2D eigenvalue weighted by atomic mass is 9.81. The molecule has 2 atom stereocenters. The molecule has 0 saturated carbocycles. The van der Waals surface area contributed by atoms with E-state index in [2.05, 4.69) is 9.88 Å². The van der Waals surface area contributed by atoms with Gasteiger partial charge in [0.15, 0.2) is 0 Å². The molecule has 24 heavy (non-hydrogen) atoms. The zero-order chi connectivity index (χ0) is 17.5. The first-order valence-corrected chi connectivity index (χ1v) is 8.17. The van der Waals surface area contributed by atoms with E-state index in [-0.39, 0.29) is 18.4 Å². The molecule has 0 unspecified atom stereocenters. The molecule has 3 heterocycles. The quantitative estimate of drug-likeness (QED) is 0.823. The molecule has 0 aliphatic carbocycles. The average molecular weight is 332 g/mol. The number of allylic oxidation sites excluding steroid dienone is 1. The minimum atomic E-state index is -0.865. The Labute approximate surface area is 141 Å². The second-order valence-corrected chi connectivity index (χ2v) is 7.22. The van der Waals surface area contributed by atoms with Crippen LogP contribution in [0.3, 0.4) is 0 Å². The molecule has 2 saturated heterocycles. The van der Waals surface area contributed by atoms with Gasteiger partial charge in [0.25, 0.3) is 0 Å². The van der Waals surface area contributed by atoms with Crippen molar-refractivity contribution in [1.29, 1.82) is 0 Å². The monoisotopic (exact) mass is 332 g/mol. The zero-order valence-electron chi connectivity index (χ0n) is 14.4. The van der Waals surface area contributed by atoms with Crippen LogP contribution in [0.1, 0.15) is 19.7 Å². The highest BCUT2D eigenvalue weighted by molar-refractivity contribution is 5.89. The topological polar surface area (TPSA) is 78.7 Å². The minimum Gasteiger partial charge on any atom is -0.481 e. The summed E-state index contributed by atoms with van der Waals surface area (Å²) >= 11 is 0. The number of nitrogens with zero attached hydrogens (tertiary/aromatic N) is 4. The van der Waals surface area contributed by atoms with Gasteiger partial charge in [-0.15, -0.1) is 0 Å². The molecule has 2 aliphatic rings. The first-order chi connectivity index (χ1) is 11.3. The molecule has 130 valence electrons. The van der Waals surface area contributed by atoms with Crippen LogP contribution in [-0.2, 0) is 23.2 Å². The van der Waals surface area contributed by atoms with E-state index >= 15 is 0 Å². The summed E-state index contributed by atoms with van der Waals surface area (Å²) < 4.78 is 1.95. The molecule has 0 bridgehead atoms. The molecule has 1 amide bonds. The second kappa shape index (κ2) is 6.05. The van der Waals surface area contributed by atoms with E-state index in [0.29, 0.717) is 26.2 Å². The third-order valence-electron chi connectivity index (χ3n) is 5.12. The van der Waals surface area contributed by atoms with Crippen molar-refractivity contribution < 1.29 is 14.7 Å². The lowest BCUT2D eigenvalue weighted by Crippen LogP contribution is -2.41. The molecular formula is C17H24N4O3. The van der Waals surface area contributed by atoms with Gasteiger partial charge in [0.05, 0.1) is 6.54 Å². The molecule has 2 aliphatic heterocycles. The van der Waals surface area contributed by atoms with Crippen LogP contribution in [-0.4, -0.2) is 62.5 Å². The van der Waals surface area contributed by atoms with Crippen LogP contribution in [0.4, 0.5) is 0 Å². The molecular weight excluding hydrogens is 308 g/mol. The molecule has 1 aromatic rings. The van der Waals surface area contributed by atoms with Gasteiger partial charge in [0.1, 0.15) is 11.2 Å². The van der Waals surface area contributed by atoms with Crippen LogP contribution in [0, 0.1) is 11.3 Å². The number of aliphatic carboxylic acids is 1. The molecule has 7 nitrogen and oxygen atoms in total. The van der Waals surface area contributed by atoms with Gasteiger partial charge in [-0.2, -0.15) is 0 Å². The van der Waals surface area contributed by atoms with Gasteiger partial charge >= 0.3 is 5.97 Å². The van der Waals surface area contributed by atoms with Crippen LogP contribution >= 0.6 is 0 Å². The number of imidazole rings is 1. The Balaban J connectivity index is 1.74. The predicted molar refractivity (Wildman–Crippen MR) is 88.1 cm³/mol. The molecule has 1 N–H and O–H groups in total. The maximum absolute atomic E-state index is 12.3. The van der Waals surface area contributed by atoms with E-state index in [1.807, 2.05) is 31.7 Å². The molecule has 0 spiro atoms. The lowest BCUT2D eigenvalue weighted by molar-refractivity contribution is -0.149. The van der Waals surface area contributed by atoms with E-state index in [9.17, 15) is 14.7 Å². The van der Waals surface area contributed by atoms with Crippen LogP contribution in [0.2, 0.25) is 0 Å². The Hall–Kier alpha value is -2.15. The molecule has 7 heteroatoms. The number of carbonyl (C=O) groups excluding carboxylic acids is 1. The third kappa shape index (κ3) is 2.84. The van der Waals surface area contributed by atoms with Crippen molar-refractivity contribution in [2.24, 2.45) is 18.4 Å². The summed E-state index contributed by atoms with van der Waals surface area (Å²) in [7, 11) is 1.94. The Bertz CT molecular complexity index is 692. The van der Waals surface area contributed by atoms with Crippen molar-refractivity contribution >= 4 is 11.9 Å². The van der Waals surface area contributed by atoms with Crippen molar-refractivity contribution in [1.82, 2.24) is 19.4 Å². The largest absolute Gasteiger partial charge is 0.481 e. The number of carbonyl (C=O) groups is 2. The lowest BCUT2D eigenvalue weighted by Gasteiger charge is -2.25. The molecule has 2 fully saturated rings. The fraction of sp³-hybridized carbons (Fsp3) is 0.588. The summed E-state index contributed by atoms with van der Waals surface area (Å²) in [6, 6.07) is 0. The Kier molecular flexibility index (Phi) is 4.21. The molecule has 0 radical (unpaired) electrons. The fourth-order valence-corrected chi connectivity index (χ4v) is 3.85. The second-order valence-electron chi connectivity index (χ2n) is 7.22. The fourth-order valence-electron chi connectivity index (χ4n) is 3.85. The summed E-state index contributed by atoms with van der Waals surface area (Å²) in [4.78, 5) is 32.4. The average Bonchev–Trinajstić information content (AvgIpc) is 3.12. The number of aryl methyl sites for hydroxylation is 1. The highest BCUT2D eigenvalue weighted by atomic mass is 16.4. The number of aromatic nitrogens is 2. The molecule has 0 aromatic carbocycles. The summed E-state index contributed by atoms with van der Waals surface area (Å²) in [5.41, 5.74) is 0.0638. The van der Waals surface area contributed by atoms with Crippen molar-refractivity contribution in [3.05, 3.63) is 29.9 Å². The summed E-state index contributed by atoms with van der Waals surface area (Å²) in [5, 5.41) is 9.85. The van der Waals surface area contributed by atoms with E-state index < -0.39 is 11.4 Å². The first-order valence-electron chi connectivity index (χ1n) is 8.17. The zero-order valence-corrected chi connectivity index (χ0v) is 14.4. The Morgan fingerprint density at radius 3 is 2.67 bits per heavy atom. The molecule has 1 aromatic heterocycles. The minimum absolute atomic E-state index is 0.0372. The van der Waals surface area contributed by atoms with Crippen LogP contribution in [0.25, 0.3) is 0 Å². The standard InChI is InChI=1S/C17H24N4O3/c1-12(2)6-15(22)21-8-13-7-20(9-14-18-4-5-19(14)3)10-17(13,11-21)16(23)24/h4-6,13H,7-11H2,1-3H3,(H,23,24)/t13-,17-/m0/s1. The first kappa shape index (κ1) is 16.7. The van der Waals surface area contributed by atoms with Gasteiger partial charge in [0, 0.05) is 57.6 Å². The van der Waals surface area contributed by atoms with Gasteiger partial charge < -0.3 is 14.6 Å². The van der Waals surface area contributed by atoms with E-state index in [4.69, 9.17) is 0 Å². The van der Waals surface area contributed by atoms with Crippen molar-refractivity contribution in [3.63, 3.8) is 0 Å². The van der Waals surface area contributed by atoms with Gasteiger partial charge in [-0.25, -0.2) is 4.98 Å². The van der Waals surface area contributed by atoms with Crippen LogP contribution in [0.5, 0.6) is 0 Å². The van der Waals surface area contributed by atoms with Crippen LogP contribution < -0.4 is 0 Å².